The summed E-state index contributed by atoms with van der Waals surface area (Å²) >= 11 is 0. The summed E-state index contributed by atoms with van der Waals surface area (Å²) in [6, 6.07) is 15.1. The Hall–Kier alpha value is -3.61. The van der Waals surface area contributed by atoms with Crippen LogP contribution in [0.2, 0.25) is 0 Å². The van der Waals surface area contributed by atoms with Crippen LogP contribution in [0.15, 0.2) is 73.2 Å². The molecule has 146 valence electrons. The molecule has 0 aliphatic heterocycles. The van der Waals surface area contributed by atoms with Crippen molar-refractivity contribution >= 4 is 16.8 Å². The molecule has 5 nitrogen and oxygen atoms in total. The Morgan fingerprint density at radius 2 is 1.86 bits per heavy atom. The van der Waals surface area contributed by atoms with E-state index in [9.17, 15) is 13.6 Å². The molecule has 1 amide bonds. The second-order valence-electron chi connectivity index (χ2n) is 6.77. The topological polar surface area (TPSA) is 59.8 Å². The lowest BCUT2D eigenvalue weighted by molar-refractivity contribution is 0.0174. The average molecular weight is 392 g/mol. The van der Waals surface area contributed by atoms with Gasteiger partial charge in [-0.15, -0.1) is 0 Å². The molecule has 2 aromatic heterocycles. The van der Waals surface area contributed by atoms with Gasteiger partial charge in [0.15, 0.2) is 0 Å². The van der Waals surface area contributed by atoms with E-state index in [1.54, 1.807) is 47.5 Å². The summed E-state index contributed by atoms with van der Waals surface area (Å²) in [5, 5.41) is 7.90. The lowest BCUT2D eigenvalue weighted by atomic mass is 10.1. The lowest BCUT2D eigenvalue weighted by Crippen LogP contribution is -2.23. The van der Waals surface area contributed by atoms with Crippen LogP contribution >= 0.6 is 0 Å². The maximum Gasteiger partial charge on any atom is 0.270 e. The first-order valence-corrected chi connectivity index (χ1v) is 9.06. The van der Waals surface area contributed by atoms with Crippen LogP contribution in [0.25, 0.3) is 16.6 Å². The monoisotopic (exact) mass is 392 g/mol. The van der Waals surface area contributed by atoms with Gasteiger partial charge in [-0.05, 0) is 35.9 Å². The summed E-state index contributed by atoms with van der Waals surface area (Å²) in [6.07, 6.45) is 4.99. The number of hydrogen-bond acceptors (Lipinski definition) is 3. The first kappa shape index (κ1) is 18.7. The van der Waals surface area contributed by atoms with Crippen LogP contribution in [-0.4, -0.2) is 20.7 Å². The molecule has 0 aliphatic rings. The van der Waals surface area contributed by atoms with E-state index in [1.165, 1.54) is 12.1 Å². The van der Waals surface area contributed by atoms with Gasteiger partial charge in [0.1, 0.15) is 0 Å². The molecule has 0 saturated carbocycles. The van der Waals surface area contributed by atoms with Crippen LogP contribution in [-0.2, 0) is 12.5 Å². The zero-order chi connectivity index (χ0) is 20.4. The molecule has 0 aliphatic carbocycles. The fraction of sp³-hybridized carbons (Fsp3) is 0.136. The number of carbonyl (C=O) groups is 1. The van der Waals surface area contributed by atoms with Crippen LogP contribution in [0.4, 0.5) is 8.78 Å². The normalized spacial score (nSPS) is 11.6. The van der Waals surface area contributed by atoms with E-state index in [4.69, 9.17) is 0 Å². The average Bonchev–Trinajstić information content (AvgIpc) is 3.16. The summed E-state index contributed by atoms with van der Waals surface area (Å²) in [4.78, 5) is 16.8. The third kappa shape index (κ3) is 3.85. The first-order valence-electron chi connectivity index (χ1n) is 9.06. The summed E-state index contributed by atoms with van der Waals surface area (Å²) in [7, 11) is 0. The number of halogens is 2. The number of amides is 1. The predicted octanol–water partition coefficient (Wildman–Crippen LogP) is 4.46. The number of hydrogen-bond donors (Lipinski definition) is 1. The molecule has 0 fully saturated rings. The minimum absolute atomic E-state index is 0.0787. The number of nitrogens with one attached hydrogen (secondary N) is 1. The van der Waals surface area contributed by atoms with Crippen LogP contribution in [0.1, 0.15) is 28.4 Å². The van der Waals surface area contributed by atoms with Gasteiger partial charge in [0, 0.05) is 36.8 Å². The molecule has 29 heavy (non-hydrogen) atoms. The van der Waals surface area contributed by atoms with Crippen LogP contribution in [0, 0.1) is 0 Å². The fourth-order valence-electron chi connectivity index (χ4n) is 3.17. The highest BCUT2D eigenvalue weighted by atomic mass is 19.3. The summed E-state index contributed by atoms with van der Waals surface area (Å²) < 4.78 is 28.8. The van der Waals surface area contributed by atoms with Gasteiger partial charge >= 0.3 is 0 Å². The van der Waals surface area contributed by atoms with Gasteiger partial charge in [-0.25, -0.2) is 13.5 Å². The van der Waals surface area contributed by atoms with Crippen molar-refractivity contribution in [3.8, 4) is 5.69 Å². The zero-order valence-electron chi connectivity index (χ0n) is 15.6. The van der Waals surface area contributed by atoms with Gasteiger partial charge < -0.3 is 5.32 Å². The Balaban J connectivity index is 1.58. The van der Waals surface area contributed by atoms with E-state index >= 15 is 0 Å². The van der Waals surface area contributed by atoms with Crippen LogP contribution in [0.3, 0.4) is 0 Å². The third-order valence-electron chi connectivity index (χ3n) is 4.65. The van der Waals surface area contributed by atoms with Crippen molar-refractivity contribution in [2.75, 3.05) is 0 Å². The van der Waals surface area contributed by atoms with Gasteiger partial charge in [0.05, 0.1) is 23.0 Å². The molecule has 0 spiro atoms. The van der Waals surface area contributed by atoms with Crippen LogP contribution < -0.4 is 5.32 Å². The van der Waals surface area contributed by atoms with Crippen molar-refractivity contribution in [3.05, 3.63) is 89.9 Å². The Morgan fingerprint density at radius 1 is 1.10 bits per heavy atom. The molecular formula is C22H18F2N4O. The number of nitrogens with zero attached hydrogens (tertiary/aromatic N) is 3. The highest BCUT2D eigenvalue weighted by molar-refractivity contribution is 6.06. The van der Waals surface area contributed by atoms with Crippen molar-refractivity contribution < 1.29 is 13.6 Å². The molecule has 0 unspecified atom stereocenters. The molecule has 0 saturated heterocycles. The molecule has 0 radical (unpaired) electrons. The SMILES string of the molecule is CC(F)(F)c1cccc(CNC(=O)c2cccc3c2cnn3-c2ccncc2)c1. The summed E-state index contributed by atoms with van der Waals surface area (Å²) in [6.45, 7) is 1.00. The van der Waals surface area contributed by atoms with E-state index in [-0.39, 0.29) is 18.0 Å². The van der Waals surface area contributed by atoms with Crippen molar-refractivity contribution in [2.24, 2.45) is 0 Å². The van der Waals surface area contributed by atoms with E-state index in [1.807, 2.05) is 18.2 Å². The van der Waals surface area contributed by atoms with E-state index in [0.717, 1.165) is 18.1 Å². The number of benzene rings is 2. The summed E-state index contributed by atoms with van der Waals surface area (Å²) in [5.41, 5.74) is 2.63. The highest BCUT2D eigenvalue weighted by Gasteiger charge is 2.24. The molecule has 1 N–H and O–H groups in total. The van der Waals surface area contributed by atoms with Crippen molar-refractivity contribution in [3.63, 3.8) is 0 Å². The van der Waals surface area contributed by atoms with Gasteiger partial charge in [0.2, 0.25) is 0 Å². The second-order valence-corrected chi connectivity index (χ2v) is 6.77. The van der Waals surface area contributed by atoms with Crippen LogP contribution in [0.5, 0.6) is 0 Å². The molecule has 2 heterocycles. The van der Waals surface area contributed by atoms with E-state index in [2.05, 4.69) is 15.4 Å². The van der Waals surface area contributed by atoms with Gasteiger partial charge in [-0.2, -0.15) is 5.10 Å². The number of aromatic nitrogens is 3. The lowest BCUT2D eigenvalue weighted by Gasteiger charge is -2.12. The standard InChI is InChI=1S/C22H18F2N4O/c1-22(23,24)16-5-2-4-15(12-16)13-26-21(29)18-6-3-7-20-19(18)14-27-28(20)17-8-10-25-11-9-17/h2-12,14H,13H2,1H3,(H,26,29). The minimum atomic E-state index is -2.92. The molecule has 0 atom stereocenters. The highest BCUT2D eigenvalue weighted by Crippen LogP contribution is 2.27. The first-order chi connectivity index (χ1) is 13.9. The molecule has 0 bridgehead atoms. The van der Waals surface area contributed by atoms with E-state index in [0.29, 0.717) is 16.5 Å². The molecule has 4 rings (SSSR count). The van der Waals surface area contributed by atoms with Gasteiger partial charge in [0.25, 0.3) is 11.8 Å². The number of rotatable bonds is 5. The quantitative estimate of drug-likeness (QED) is 0.545. The third-order valence-corrected chi connectivity index (χ3v) is 4.65. The van der Waals surface area contributed by atoms with Crippen molar-refractivity contribution in [2.45, 2.75) is 19.4 Å². The fourth-order valence-corrected chi connectivity index (χ4v) is 3.17. The minimum Gasteiger partial charge on any atom is -0.348 e. The molecule has 7 heteroatoms. The van der Waals surface area contributed by atoms with Gasteiger partial charge in [-0.1, -0.05) is 24.3 Å². The number of fused-ring (bicyclic) bond motifs is 1. The van der Waals surface area contributed by atoms with E-state index < -0.39 is 5.92 Å². The number of pyridine rings is 1. The molecule has 2 aromatic carbocycles. The van der Waals surface area contributed by atoms with Crippen molar-refractivity contribution in [1.29, 1.82) is 0 Å². The molecule has 4 aromatic rings. The van der Waals surface area contributed by atoms with Crippen molar-refractivity contribution in [1.82, 2.24) is 20.1 Å². The van der Waals surface area contributed by atoms with Gasteiger partial charge in [-0.3, -0.25) is 9.78 Å². The maximum absolute atomic E-state index is 13.5. The Labute approximate surface area is 166 Å². The number of alkyl halides is 2. The Kier molecular flexibility index (Phi) is 4.80. The maximum atomic E-state index is 13.5. The zero-order valence-corrected chi connectivity index (χ0v) is 15.6. The smallest absolute Gasteiger partial charge is 0.270 e. The Morgan fingerprint density at radius 3 is 2.62 bits per heavy atom. The predicted molar refractivity (Wildman–Crippen MR) is 106 cm³/mol. The number of carbonyl (C=O) groups excluding carboxylic acids is 1. The summed E-state index contributed by atoms with van der Waals surface area (Å²) in [5.74, 6) is -3.22. The second kappa shape index (κ2) is 7.43. The largest absolute Gasteiger partial charge is 0.348 e. The Bertz CT molecular complexity index is 1170. The molecular weight excluding hydrogens is 374 g/mol.